The molecule has 0 radical (unpaired) electrons. The number of anilines is 1. The number of carboxylic acid groups (broad SMARTS) is 1. The van der Waals surface area contributed by atoms with Gasteiger partial charge in [-0.3, -0.25) is 19.3 Å². The molecular weight excluding hydrogens is 532 g/mol. The van der Waals surface area contributed by atoms with Crippen LogP contribution >= 0.6 is 11.3 Å². The molecule has 3 amide bonds. The number of aliphatic carboxylic acids is 1. The summed E-state index contributed by atoms with van der Waals surface area (Å²) in [6, 6.07) is 22.8. The van der Waals surface area contributed by atoms with Crippen molar-refractivity contribution in [3.05, 3.63) is 95.0 Å². The molecule has 1 heterocycles. The van der Waals surface area contributed by atoms with Crippen molar-refractivity contribution in [1.82, 2.24) is 10.3 Å². The molecule has 0 saturated carbocycles. The fourth-order valence-electron chi connectivity index (χ4n) is 3.45. The number of nitrogens with one attached hydrogen (secondary N) is 1. The van der Waals surface area contributed by atoms with E-state index < -0.39 is 36.0 Å². The summed E-state index contributed by atoms with van der Waals surface area (Å²) in [4.78, 5) is 51.9. The zero-order valence-corrected chi connectivity index (χ0v) is 23.1. The number of nitrogens with two attached hydrogens (primary N) is 1. The second-order valence-electron chi connectivity index (χ2n) is 9.53. The summed E-state index contributed by atoms with van der Waals surface area (Å²) in [5.74, 6) is -2.00. The van der Waals surface area contributed by atoms with Gasteiger partial charge in [-0.25, -0.2) is 9.78 Å². The summed E-state index contributed by atoms with van der Waals surface area (Å²) in [6.45, 7) is 5.02. The highest BCUT2D eigenvalue weighted by Crippen LogP contribution is 2.21. The molecule has 0 saturated heterocycles. The monoisotopic (exact) mass is 562 g/mol. The SMILES string of the molecule is CC(C)(C)OC(=O)NCc1cccc(N(CC(=O)O)C(=O)c2ccccc2)c1.NC(=O)c1nc2ccccc2s1. The average Bonchev–Trinajstić information content (AvgIpc) is 3.35. The van der Waals surface area contributed by atoms with Crippen molar-refractivity contribution in [3.8, 4) is 0 Å². The summed E-state index contributed by atoms with van der Waals surface area (Å²) in [7, 11) is 0. The fourth-order valence-corrected chi connectivity index (χ4v) is 4.27. The predicted molar refractivity (Wildman–Crippen MR) is 153 cm³/mol. The van der Waals surface area contributed by atoms with E-state index >= 15 is 0 Å². The molecule has 0 fully saturated rings. The Morgan fingerprint density at radius 3 is 2.27 bits per heavy atom. The quantitative estimate of drug-likeness (QED) is 0.291. The number of para-hydroxylation sites is 1. The number of rotatable bonds is 7. The van der Waals surface area contributed by atoms with Gasteiger partial charge in [0, 0.05) is 17.8 Å². The van der Waals surface area contributed by atoms with Gasteiger partial charge in [0.15, 0.2) is 5.01 Å². The van der Waals surface area contributed by atoms with E-state index in [1.165, 1.54) is 16.2 Å². The van der Waals surface area contributed by atoms with Gasteiger partial charge in [-0.2, -0.15) is 0 Å². The highest BCUT2D eigenvalue weighted by Gasteiger charge is 2.21. The van der Waals surface area contributed by atoms with Crippen LogP contribution in [0.2, 0.25) is 0 Å². The molecule has 0 aliphatic rings. The Morgan fingerprint density at radius 1 is 0.975 bits per heavy atom. The maximum Gasteiger partial charge on any atom is 0.407 e. The van der Waals surface area contributed by atoms with Gasteiger partial charge in [0.2, 0.25) is 0 Å². The lowest BCUT2D eigenvalue weighted by Gasteiger charge is -2.22. The molecule has 10 nitrogen and oxygen atoms in total. The van der Waals surface area contributed by atoms with Gasteiger partial charge >= 0.3 is 12.1 Å². The maximum absolute atomic E-state index is 12.8. The second kappa shape index (κ2) is 13.3. The number of carbonyl (C=O) groups is 4. The molecule has 4 rings (SSSR count). The summed E-state index contributed by atoms with van der Waals surface area (Å²) in [5, 5.41) is 12.2. The molecule has 0 atom stereocenters. The number of amides is 3. The van der Waals surface area contributed by atoms with Crippen LogP contribution in [-0.4, -0.2) is 46.1 Å². The fraction of sp³-hybridized carbons (Fsp3) is 0.207. The van der Waals surface area contributed by atoms with Crippen molar-refractivity contribution < 1.29 is 29.0 Å². The van der Waals surface area contributed by atoms with Gasteiger partial charge in [0.25, 0.3) is 11.8 Å². The number of hydrogen-bond acceptors (Lipinski definition) is 7. The first-order valence-electron chi connectivity index (χ1n) is 12.2. The molecule has 0 aliphatic carbocycles. The van der Waals surface area contributed by atoms with E-state index in [0.29, 0.717) is 21.8 Å². The summed E-state index contributed by atoms with van der Waals surface area (Å²) < 4.78 is 6.19. The predicted octanol–water partition coefficient (Wildman–Crippen LogP) is 4.84. The van der Waals surface area contributed by atoms with Crippen LogP contribution < -0.4 is 16.0 Å². The van der Waals surface area contributed by atoms with Gasteiger partial charge in [0.05, 0.1) is 10.2 Å². The van der Waals surface area contributed by atoms with E-state index in [1.54, 1.807) is 75.4 Å². The number of hydrogen-bond donors (Lipinski definition) is 3. The molecule has 3 aromatic carbocycles. The Morgan fingerprint density at radius 2 is 1.65 bits per heavy atom. The molecule has 4 aromatic rings. The Kier molecular flexibility index (Phi) is 9.93. The highest BCUT2D eigenvalue weighted by atomic mass is 32.1. The number of fused-ring (bicyclic) bond motifs is 1. The first-order chi connectivity index (χ1) is 18.9. The molecule has 1 aromatic heterocycles. The summed E-state index contributed by atoms with van der Waals surface area (Å²) in [5.41, 5.74) is 6.84. The van der Waals surface area contributed by atoms with E-state index in [9.17, 15) is 24.3 Å². The number of carbonyl (C=O) groups excluding carboxylic acids is 3. The average molecular weight is 563 g/mol. The van der Waals surface area contributed by atoms with Crippen molar-refractivity contribution in [3.63, 3.8) is 0 Å². The number of aromatic nitrogens is 1. The van der Waals surface area contributed by atoms with E-state index in [-0.39, 0.29) is 6.54 Å². The van der Waals surface area contributed by atoms with Crippen LogP contribution in [0.15, 0.2) is 78.9 Å². The molecule has 208 valence electrons. The number of thiazole rings is 1. The minimum atomic E-state index is -1.12. The minimum absolute atomic E-state index is 0.184. The smallest absolute Gasteiger partial charge is 0.407 e. The van der Waals surface area contributed by atoms with Gasteiger partial charge in [-0.15, -0.1) is 11.3 Å². The lowest BCUT2D eigenvalue weighted by molar-refractivity contribution is -0.135. The van der Waals surface area contributed by atoms with Crippen LogP contribution in [0.1, 0.15) is 46.5 Å². The number of ether oxygens (including phenoxy) is 1. The zero-order valence-electron chi connectivity index (χ0n) is 22.3. The van der Waals surface area contributed by atoms with Gasteiger partial charge in [0.1, 0.15) is 12.1 Å². The van der Waals surface area contributed by atoms with Crippen LogP contribution in [0, 0.1) is 0 Å². The third kappa shape index (κ3) is 8.91. The Bertz CT molecular complexity index is 1460. The van der Waals surface area contributed by atoms with Crippen molar-refractivity contribution in [2.75, 3.05) is 11.4 Å². The van der Waals surface area contributed by atoms with Crippen LogP contribution in [0.4, 0.5) is 10.5 Å². The van der Waals surface area contributed by atoms with Crippen molar-refractivity contribution in [1.29, 1.82) is 0 Å². The molecular formula is C29H30N4O6S. The number of benzene rings is 3. The van der Waals surface area contributed by atoms with Gasteiger partial charge in [-0.1, -0.05) is 42.5 Å². The number of nitrogens with zero attached hydrogens (tertiary/aromatic N) is 2. The van der Waals surface area contributed by atoms with E-state index in [4.69, 9.17) is 10.5 Å². The highest BCUT2D eigenvalue weighted by molar-refractivity contribution is 7.20. The number of carboxylic acids is 1. The lowest BCUT2D eigenvalue weighted by atomic mass is 10.1. The summed E-state index contributed by atoms with van der Waals surface area (Å²) >= 11 is 1.32. The Labute approximate surface area is 235 Å². The Hall–Kier alpha value is -4.77. The maximum atomic E-state index is 12.8. The van der Waals surface area contributed by atoms with Crippen molar-refractivity contribution in [2.45, 2.75) is 32.9 Å². The van der Waals surface area contributed by atoms with Crippen LogP contribution in [0.25, 0.3) is 10.2 Å². The third-order valence-corrected chi connectivity index (χ3v) is 6.17. The largest absolute Gasteiger partial charge is 0.480 e. The Balaban J connectivity index is 0.000000302. The molecule has 0 aliphatic heterocycles. The van der Waals surface area contributed by atoms with E-state index in [2.05, 4.69) is 10.3 Å². The molecule has 0 unspecified atom stereocenters. The minimum Gasteiger partial charge on any atom is -0.480 e. The van der Waals surface area contributed by atoms with E-state index in [1.807, 2.05) is 24.3 Å². The molecule has 0 spiro atoms. The zero-order chi connectivity index (χ0) is 29.3. The second-order valence-corrected chi connectivity index (χ2v) is 10.6. The van der Waals surface area contributed by atoms with E-state index in [0.717, 1.165) is 10.2 Å². The van der Waals surface area contributed by atoms with Crippen LogP contribution in [0.5, 0.6) is 0 Å². The van der Waals surface area contributed by atoms with Crippen molar-refractivity contribution in [2.24, 2.45) is 5.73 Å². The molecule has 11 heteroatoms. The molecule has 40 heavy (non-hydrogen) atoms. The number of primary amides is 1. The lowest BCUT2D eigenvalue weighted by Crippen LogP contribution is -2.36. The first kappa shape index (κ1) is 29.8. The van der Waals surface area contributed by atoms with Crippen molar-refractivity contribution >= 4 is 51.1 Å². The summed E-state index contributed by atoms with van der Waals surface area (Å²) in [6.07, 6.45) is -0.555. The molecule has 0 bridgehead atoms. The topological polar surface area (TPSA) is 152 Å². The first-order valence-corrected chi connectivity index (χ1v) is 13.0. The van der Waals surface area contributed by atoms with Gasteiger partial charge in [-0.05, 0) is 62.7 Å². The number of alkyl carbamates (subject to hydrolysis) is 1. The molecule has 4 N–H and O–H groups in total. The standard InChI is InChI=1S/C21H24N2O5.C8H6N2OS/c1-21(2,3)28-20(27)22-13-15-8-7-11-17(12-15)23(14-18(24)25)19(26)16-9-5-4-6-10-16;9-7(11)8-10-5-3-1-2-4-6(5)12-8/h4-12H,13-14H2,1-3H3,(H,22,27)(H,24,25);1-4H,(H2,9,11). The van der Waals surface area contributed by atoms with Crippen LogP contribution in [-0.2, 0) is 16.1 Å². The third-order valence-electron chi connectivity index (χ3n) is 5.12. The van der Waals surface area contributed by atoms with Gasteiger partial charge < -0.3 is 20.9 Å². The normalized spacial score (nSPS) is 10.7. The van der Waals surface area contributed by atoms with Crippen LogP contribution in [0.3, 0.4) is 0 Å².